The van der Waals surface area contributed by atoms with Crippen molar-refractivity contribution in [2.75, 3.05) is 4.90 Å². The molecular formula is C50H31NO2. The second-order valence-electron chi connectivity index (χ2n) is 13.7. The normalized spacial score (nSPS) is 11.8. The summed E-state index contributed by atoms with van der Waals surface area (Å²) in [6.07, 6.45) is 0. The number of anilines is 3. The van der Waals surface area contributed by atoms with E-state index in [2.05, 4.69) is 181 Å². The number of nitrogens with zero attached hydrogens (tertiary/aromatic N) is 1. The second-order valence-corrected chi connectivity index (χ2v) is 13.7. The minimum absolute atomic E-state index is 0.859. The minimum atomic E-state index is 0.859. The molecule has 0 radical (unpaired) electrons. The third kappa shape index (κ3) is 4.75. The fourth-order valence-corrected chi connectivity index (χ4v) is 8.11. The Labute approximate surface area is 305 Å². The Morgan fingerprint density at radius 1 is 0.340 bits per heavy atom. The van der Waals surface area contributed by atoms with Crippen molar-refractivity contribution in [3.8, 4) is 22.3 Å². The molecule has 0 saturated carbocycles. The summed E-state index contributed by atoms with van der Waals surface area (Å²) in [5.74, 6) is 0. The lowest BCUT2D eigenvalue weighted by Gasteiger charge is -2.27. The van der Waals surface area contributed by atoms with Crippen LogP contribution in [-0.4, -0.2) is 0 Å². The van der Waals surface area contributed by atoms with Crippen LogP contribution in [0.5, 0.6) is 0 Å². The van der Waals surface area contributed by atoms with Gasteiger partial charge in [-0.25, -0.2) is 0 Å². The number of hydrogen-bond donors (Lipinski definition) is 0. The molecule has 0 fully saturated rings. The van der Waals surface area contributed by atoms with Crippen LogP contribution in [0.3, 0.4) is 0 Å². The summed E-state index contributed by atoms with van der Waals surface area (Å²) in [5.41, 5.74) is 11.2. The molecule has 3 nitrogen and oxygen atoms in total. The van der Waals surface area contributed by atoms with Gasteiger partial charge < -0.3 is 13.7 Å². The van der Waals surface area contributed by atoms with Gasteiger partial charge in [-0.15, -0.1) is 0 Å². The SMILES string of the molecule is c1cc(-c2ccc3ccccc3c2)cc(N(c2ccc(-c3cccc4c3oc3ccccc34)cc2)c2cccc3oc4c5ccccc5ccc4c23)c1. The van der Waals surface area contributed by atoms with E-state index in [4.69, 9.17) is 8.83 Å². The maximum atomic E-state index is 6.67. The molecule has 0 amide bonds. The van der Waals surface area contributed by atoms with Gasteiger partial charge >= 0.3 is 0 Å². The first-order valence-corrected chi connectivity index (χ1v) is 18.0. The predicted molar refractivity (Wildman–Crippen MR) is 222 cm³/mol. The van der Waals surface area contributed by atoms with Crippen LogP contribution in [0.2, 0.25) is 0 Å². The van der Waals surface area contributed by atoms with E-state index in [9.17, 15) is 0 Å². The van der Waals surface area contributed by atoms with Crippen molar-refractivity contribution in [2.24, 2.45) is 0 Å². The van der Waals surface area contributed by atoms with E-state index in [-0.39, 0.29) is 0 Å². The van der Waals surface area contributed by atoms with Gasteiger partial charge in [-0.1, -0.05) is 133 Å². The van der Waals surface area contributed by atoms with E-state index in [1.807, 2.05) is 12.1 Å². The molecule has 0 spiro atoms. The van der Waals surface area contributed by atoms with Gasteiger partial charge in [-0.05, 0) is 87.4 Å². The Bertz CT molecular complexity index is 3180. The first-order chi connectivity index (χ1) is 26.3. The topological polar surface area (TPSA) is 29.5 Å². The van der Waals surface area contributed by atoms with E-state index in [0.717, 1.165) is 88.4 Å². The van der Waals surface area contributed by atoms with Crippen molar-refractivity contribution in [2.45, 2.75) is 0 Å². The number of para-hydroxylation sites is 2. The molecule has 2 heterocycles. The Morgan fingerprint density at radius 2 is 1.00 bits per heavy atom. The molecule has 0 unspecified atom stereocenters. The van der Waals surface area contributed by atoms with Crippen molar-refractivity contribution in [1.82, 2.24) is 0 Å². The third-order valence-electron chi connectivity index (χ3n) is 10.6. The zero-order chi connectivity index (χ0) is 34.9. The Kier molecular flexibility index (Phi) is 6.55. The maximum Gasteiger partial charge on any atom is 0.143 e. The quantitative estimate of drug-likeness (QED) is 0.182. The Balaban J connectivity index is 1.11. The highest BCUT2D eigenvalue weighted by molar-refractivity contribution is 6.19. The van der Waals surface area contributed by atoms with Crippen LogP contribution in [0.4, 0.5) is 17.1 Å². The van der Waals surface area contributed by atoms with Gasteiger partial charge in [0.1, 0.15) is 22.3 Å². The summed E-state index contributed by atoms with van der Waals surface area (Å²) in [6, 6.07) is 66.8. The van der Waals surface area contributed by atoms with E-state index < -0.39 is 0 Å². The highest BCUT2D eigenvalue weighted by Crippen LogP contribution is 2.45. The molecule has 0 saturated heterocycles. The van der Waals surface area contributed by atoms with Crippen LogP contribution in [0.25, 0.3) is 87.7 Å². The van der Waals surface area contributed by atoms with Crippen molar-refractivity contribution >= 4 is 82.5 Å². The number of hydrogen-bond acceptors (Lipinski definition) is 3. The number of furan rings is 2. The Hall–Kier alpha value is -7.10. The predicted octanol–water partition coefficient (Wildman–Crippen LogP) is 14.6. The highest BCUT2D eigenvalue weighted by atomic mass is 16.3. The molecular weight excluding hydrogens is 647 g/mol. The minimum Gasteiger partial charge on any atom is -0.455 e. The zero-order valence-electron chi connectivity index (χ0n) is 28.7. The van der Waals surface area contributed by atoms with Crippen molar-refractivity contribution < 1.29 is 8.83 Å². The number of benzene rings is 9. The smallest absolute Gasteiger partial charge is 0.143 e. The number of rotatable bonds is 5. The van der Waals surface area contributed by atoms with Crippen LogP contribution in [-0.2, 0) is 0 Å². The molecule has 0 aliphatic carbocycles. The van der Waals surface area contributed by atoms with Gasteiger partial charge in [0, 0.05) is 38.5 Å². The first kappa shape index (κ1) is 29.6. The molecule has 3 heteroatoms. The molecule has 248 valence electrons. The van der Waals surface area contributed by atoms with Gasteiger partial charge in [0.15, 0.2) is 0 Å². The molecule has 0 atom stereocenters. The lowest BCUT2D eigenvalue weighted by molar-refractivity contribution is 0.670. The van der Waals surface area contributed by atoms with Gasteiger partial charge in [0.2, 0.25) is 0 Å². The van der Waals surface area contributed by atoms with E-state index in [1.165, 1.54) is 16.3 Å². The molecule has 0 aliphatic rings. The van der Waals surface area contributed by atoms with Crippen LogP contribution in [0, 0.1) is 0 Å². The molecule has 0 N–H and O–H groups in total. The van der Waals surface area contributed by atoms with Gasteiger partial charge in [0.25, 0.3) is 0 Å². The van der Waals surface area contributed by atoms with Crippen LogP contribution in [0.15, 0.2) is 197 Å². The largest absolute Gasteiger partial charge is 0.455 e. The van der Waals surface area contributed by atoms with Crippen LogP contribution >= 0.6 is 0 Å². The second kappa shape index (κ2) is 11.7. The Morgan fingerprint density at radius 3 is 1.91 bits per heavy atom. The van der Waals surface area contributed by atoms with E-state index in [1.54, 1.807) is 0 Å². The molecule has 0 aliphatic heterocycles. The standard InChI is InChI=1S/C50H31NO2/c1-2-12-35-30-37(23-22-32(35)10-1)36-13-7-14-39(31-36)51(45-19-9-21-47-48(45)44-29-26-33-11-3-4-15-40(33)50(44)53-47)38-27-24-34(25-28-38)41-17-8-18-43-42-16-5-6-20-46(42)52-49(41)43/h1-31H. The molecule has 11 rings (SSSR count). The zero-order valence-corrected chi connectivity index (χ0v) is 28.7. The van der Waals surface area contributed by atoms with Gasteiger partial charge in [0.05, 0.1) is 11.1 Å². The van der Waals surface area contributed by atoms with Crippen molar-refractivity contribution in [3.05, 3.63) is 188 Å². The molecule has 2 aromatic heterocycles. The lowest BCUT2D eigenvalue weighted by Crippen LogP contribution is -2.10. The monoisotopic (exact) mass is 677 g/mol. The summed E-state index contributed by atoms with van der Waals surface area (Å²) >= 11 is 0. The van der Waals surface area contributed by atoms with Gasteiger partial charge in [-0.2, -0.15) is 0 Å². The summed E-state index contributed by atoms with van der Waals surface area (Å²) in [6.45, 7) is 0. The lowest BCUT2D eigenvalue weighted by atomic mass is 9.99. The highest BCUT2D eigenvalue weighted by Gasteiger charge is 2.21. The summed E-state index contributed by atoms with van der Waals surface area (Å²) in [4.78, 5) is 2.36. The average molecular weight is 678 g/mol. The van der Waals surface area contributed by atoms with E-state index >= 15 is 0 Å². The molecule has 9 aromatic carbocycles. The molecule has 53 heavy (non-hydrogen) atoms. The summed E-state index contributed by atoms with van der Waals surface area (Å²) in [7, 11) is 0. The number of fused-ring (bicyclic) bond motifs is 9. The fraction of sp³-hybridized carbons (Fsp3) is 0. The molecule has 0 bridgehead atoms. The maximum absolute atomic E-state index is 6.67. The summed E-state index contributed by atoms with van der Waals surface area (Å²) < 4.78 is 13.1. The van der Waals surface area contributed by atoms with E-state index in [0.29, 0.717) is 0 Å². The third-order valence-corrected chi connectivity index (χ3v) is 10.6. The van der Waals surface area contributed by atoms with Gasteiger partial charge in [-0.3, -0.25) is 0 Å². The van der Waals surface area contributed by atoms with Crippen LogP contribution < -0.4 is 4.90 Å². The fourth-order valence-electron chi connectivity index (χ4n) is 8.11. The van der Waals surface area contributed by atoms with Crippen molar-refractivity contribution in [3.63, 3.8) is 0 Å². The molecule has 11 aromatic rings. The summed E-state index contributed by atoms with van der Waals surface area (Å²) in [5, 5.41) is 9.17. The van der Waals surface area contributed by atoms with Crippen LogP contribution in [0.1, 0.15) is 0 Å². The average Bonchev–Trinajstić information content (AvgIpc) is 3.81. The first-order valence-electron chi connectivity index (χ1n) is 18.0. The van der Waals surface area contributed by atoms with Crippen molar-refractivity contribution in [1.29, 1.82) is 0 Å².